The normalized spacial score (nSPS) is 12.0. The highest BCUT2D eigenvalue weighted by molar-refractivity contribution is 8.00. The fourth-order valence-electron chi connectivity index (χ4n) is 2.77. The number of carbonyl (C=O) groups excluding carboxylic acids is 2. The molecule has 1 atom stereocenters. The summed E-state index contributed by atoms with van der Waals surface area (Å²) in [5, 5.41) is 3.24. The van der Waals surface area contributed by atoms with Gasteiger partial charge in [0.2, 0.25) is 11.8 Å². The van der Waals surface area contributed by atoms with Crippen LogP contribution in [-0.2, 0) is 4.79 Å². The van der Waals surface area contributed by atoms with E-state index in [-0.39, 0.29) is 11.2 Å². The van der Waals surface area contributed by atoms with Crippen LogP contribution < -0.4 is 11.1 Å². The van der Waals surface area contributed by atoms with E-state index in [0.717, 1.165) is 10.8 Å². The van der Waals surface area contributed by atoms with E-state index in [1.165, 1.54) is 17.3 Å². The molecule has 29 heavy (non-hydrogen) atoms. The van der Waals surface area contributed by atoms with Crippen LogP contribution in [0, 0.1) is 0 Å². The first-order valence-electron chi connectivity index (χ1n) is 9.36. The minimum absolute atomic E-state index is 0.147. The van der Waals surface area contributed by atoms with Crippen LogP contribution in [-0.4, -0.2) is 26.6 Å². The number of nitrogens with two attached hydrogens (primary N) is 1. The second-order valence-electron chi connectivity index (χ2n) is 7.02. The number of amides is 2. The number of aromatic nitrogens is 2. The lowest BCUT2D eigenvalue weighted by Crippen LogP contribution is -2.23. The molecule has 3 aromatic rings. The van der Waals surface area contributed by atoms with Gasteiger partial charge in [-0.2, -0.15) is 0 Å². The van der Waals surface area contributed by atoms with Gasteiger partial charge in [0, 0.05) is 29.3 Å². The summed E-state index contributed by atoms with van der Waals surface area (Å²) in [6.07, 6.45) is 3.62. The number of carbonyl (C=O) groups is 2. The SMILES string of the molecule is CC(Sc1nccn1-c1ccc(C(C)C)cc1)C(=O)Nc1ccc(C(N)=O)cc1. The van der Waals surface area contributed by atoms with Crippen molar-refractivity contribution in [1.82, 2.24) is 9.55 Å². The molecule has 7 heteroatoms. The summed E-state index contributed by atoms with van der Waals surface area (Å²) in [4.78, 5) is 28.1. The van der Waals surface area contributed by atoms with E-state index in [0.29, 0.717) is 17.2 Å². The third kappa shape index (κ3) is 5.06. The van der Waals surface area contributed by atoms with Gasteiger partial charge in [0.25, 0.3) is 0 Å². The number of anilines is 1. The molecule has 1 aromatic heterocycles. The van der Waals surface area contributed by atoms with Gasteiger partial charge in [0.15, 0.2) is 5.16 Å². The van der Waals surface area contributed by atoms with Gasteiger partial charge < -0.3 is 11.1 Å². The molecule has 0 aliphatic rings. The van der Waals surface area contributed by atoms with Crippen molar-refractivity contribution in [2.75, 3.05) is 5.32 Å². The summed E-state index contributed by atoms with van der Waals surface area (Å²) in [5.41, 5.74) is 8.53. The summed E-state index contributed by atoms with van der Waals surface area (Å²) >= 11 is 1.38. The van der Waals surface area contributed by atoms with Crippen LogP contribution in [0.15, 0.2) is 66.1 Å². The van der Waals surface area contributed by atoms with Gasteiger partial charge in [-0.3, -0.25) is 14.2 Å². The largest absolute Gasteiger partial charge is 0.366 e. The highest BCUT2D eigenvalue weighted by atomic mass is 32.2. The van der Waals surface area contributed by atoms with Crippen molar-refractivity contribution in [3.05, 3.63) is 72.1 Å². The quantitative estimate of drug-likeness (QED) is 0.573. The summed E-state index contributed by atoms with van der Waals surface area (Å²) in [7, 11) is 0. The number of hydrogen-bond donors (Lipinski definition) is 2. The van der Waals surface area contributed by atoms with E-state index in [1.807, 2.05) is 17.7 Å². The molecule has 0 radical (unpaired) electrons. The number of primary amides is 1. The van der Waals surface area contributed by atoms with Gasteiger partial charge in [0.05, 0.1) is 5.25 Å². The van der Waals surface area contributed by atoms with Gasteiger partial charge in [-0.1, -0.05) is 37.7 Å². The average Bonchev–Trinajstić information content (AvgIpc) is 3.16. The zero-order valence-electron chi connectivity index (χ0n) is 16.6. The van der Waals surface area contributed by atoms with Crippen LogP contribution in [0.1, 0.15) is 42.6 Å². The molecular formula is C22H24N4O2S. The van der Waals surface area contributed by atoms with Crippen LogP contribution in [0.2, 0.25) is 0 Å². The lowest BCUT2D eigenvalue weighted by atomic mass is 10.0. The van der Waals surface area contributed by atoms with Gasteiger partial charge in [-0.15, -0.1) is 0 Å². The van der Waals surface area contributed by atoms with Gasteiger partial charge in [0.1, 0.15) is 0 Å². The Kier molecular flexibility index (Phi) is 6.39. The molecule has 150 valence electrons. The Labute approximate surface area is 174 Å². The number of rotatable bonds is 7. The Morgan fingerprint density at radius 2 is 1.69 bits per heavy atom. The third-order valence-electron chi connectivity index (χ3n) is 4.53. The number of hydrogen-bond acceptors (Lipinski definition) is 4. The first-order valence-corrected chi connectivity index (χ1v) is 10.2. The lowest BCUT2D eigenvalue weighted by Gasteiger charge is -2.14. The number of nitrogens with one attached hydrogen (secondary N) is 1. The fourth-order valence-corrected chi connectivity index (χ4v) is 3.65. The molecule has 0 aliphatic heterocycles. The summed E-state index contributed by atoms with van der Waals surface area (Å²) in [5.74, 6) is -0.173. The van der Waals surface area contributed by atoms with Crippen LogP contribution in [0.5, 0.6) is 0 Å². The molecule has 2 amide bonds. The van der Waals surface area contributed by atoms with Crippen molar-refractivity contribution in [1.29, 1.82) is 0 Å². The maximum Gasteiger partial charge on any atom is 0.248 e. The van der Waals surface area contributed by atoms with E-state index in [1.54, 1.807) is 30.5 Å². The molecule has 1 heterocycles. The van der Waals surface area contributed by atoms with Crippen molar-refractivity contribution in [2.24, 2.45) is 5.73 Å². The van der Waals surface area contributed by atoms with Crippen molar-refractivity contribution in [3.8, 4) is 5.69 Å². The van der Waals surface area contributed by atoms with E-state index < -0.39 is 5.91 Å². The highest BCUT2D eigenvalue weighted by Crippen LogP contribution is 2.26. The smallest absolute Gasteiger partial charge is 0.248 e. The second kappa shape index (κ2) is 8.96. The Balaban J connectivity index is 1.67. The molecule has 0 spiro atoms. The van der Waals surface area contributed by atoms with E-state index in [9.17, 15) is 9.59 Å². The molecular weight excluding hydrogens is 384 g/mol. The fraction of sp³-hybridized carbons (Fsp3) is 0.227. The van der Waals surface area contributed by atoms with Crippen LogP contribution in [0.3, 0.4) is 0 Å². The highest BCUT2D eigenvalue weighted by Gasteiger charge is 2.18. The molecule has 1 unspecified atom stereocenters. The van der Waals surface area contributed by atoms with Gasteiger partial charge in [-0.05, 0) is 54.8 Å². The van der Waals surface area contributed by atoms with Crippen molar-refractivity contribution in [3.63, 3.8) is 0 Å². The molecule has 0 aliphatic carbocycles. The Bertz CT molecular complexity index is 994. The Morgan fingerprint density at radius 1 is 1.03 bits per heavy atom. The predicted molar refractivity (Wildman–Crippen MR) is 117 cm³/mol. The van der Waals surface area contributed by atoms with Crippen molar-refractivity contribution in [2.45, 2.75) is 37.1 Å². The predicted octanol–water partition coefficient (Wildman–Crippen LogP) is 4.21. The van der Waals surface area contributed by atoms with Crippen LogP contribution in [0.4, 0.5) is 5.69 Å². The summed E-state index contributed by atoms with van der Waals surface area (Å²) < 4.78 is 1.97. The third-order valence-corrected chi connectivity index (χ3v) is 5.61. The molecule has 0 saturated heterocycles. The number of imidazole rings is 1. The standard InChI is InChI=1S/C22H24N4O2S/c1-14(2)16-6-10-19(11-7-16)26-13-12-24-22(26)29-15(3)21(28)25-18-8-4-17(5-9-18)20(23)27/h4-15H,1-3H3,(H2,23,27)(H,25,28). The second-order valence-corrected chi connectivity index (χ2v) is 8.32. The summed E-state index contributed by atoms with van der Waals surface area (Å²) in [6.45, 7) is 6.16. The molecule has 3 rings (SSSR count). The maximum atomic E-state index is 12.6. The summed E-state index contributed by atoms with van der Waals surface area (Å²) in [6, 6.07) is 14.8. The first-order chi connectivity index (χ1) is 13.8. The van der Waals surface area contributed by atoms with Gasteiger partial charge >= 0.3 is 0 Å². The monoisotopic (exact) mass is 408 g/mol. The molecule has 2 aromatic carbocycles. The first kappa shape index (κ1) is 20.7. The topological polar surface area (TPSA) is 90.0 Å². The van der Waals surface area contributed by atoms with E-state index >= 15 is 0 Å². The molecule has 6 nitrogen and oxygen atoms in total. The Hall–Kier alpha value is -3.06. The zero-order valence-corrected chi connectivity index (χ0v) is 17.4. The Morgan fingerprint density at radius 3 is 2.28 bits per heavy atom. The average molecular weight is 409 g/mol. The van der Waals surface area contributed by atoms with Crippen molar-refractivity contribution < 1.29 is 9.59 Å². The van der Waals surface area contributed by atoms with Gasteiger partial charge in [-0.25, -0.2) is 4.98 Å². The molecule has 3 N–H and O–H groups in total. The lowest BCUT2D eigenvalue weighted by molar-refractivity contribution is -0.115. The molecule has 0 bridgehead atoms. The number of nitrogens with zero attached hydrogens (tertiary/aromatic N) is 2. The zero-order chi connectivity index (χ0) is 21.0. The number of benzene rings is 2. The minimum Gasteiger partial charge on any atom is -0.366 e. The van der Waals surface area contributed by atoms with Crippen molar-refractivity contribution >= 4 is 29.3 Å². The maximum absolute atomic E-state index is 12.6. The van der Waals surface area contributed by atoms with Crippen LogP contribution >= 0.6 is 11.8 Å². The van der Waals surface area contributed by atoms with Crippen LogP contribution in [0.25, 0.3) is 5.69 Å². The molecule has 0 fully saturated rings. The van der Waals surface area contributed by atoms with E-state index in [4.69, 9.17) is 5.73 Å². The molecule has 0 saturated carbocycles. The van der Waals surface area contributed by atoms with E-state index in [2.05, 4.69) is 48.4 Å². The minimum atomic E-state index is -0.500. The number of thioether (sulfide) groups is 1.